The Morgan fingerprint density at radius 2 is 1.60 bits per heavy atom. The van der Waals surface area contributed by atoms with Crippen LogP contribution in [0.1, 0.15) is 64.6 Å². The van der Waals surface area contributed by atoms with Crippen LogP contribution >= 0.6 is 0 Å². The van der Waals surface area contributed by atoms with Gasteiger partial charge in [-0.2, -0.15) is 5.10 Å². The number of benzene rings is 4. The van der Waals surface area contributed by atoms with Crippen molar-refractivity contribution in [3.05, 3.63) is 142 Å². The first-order chi connectivity index (χ1) is 24.2. The first kappa shape index (κ1) is 32.4. The predicted octanol–water partition coefficient (Wildman–Crippen LogP) is 6.74. The molecule has 1 amide bonds. The number of ether oxygens (including phenoxy) is 2. The average molecular weight is 688 g/mol. The second-order valence-electron chi connectivity index (χ2n) is 13.8. The smallest absolute Gasteiger partial charge is 0.270 e. The third kappa shape index (κ3) is 5.33. The monoisotopic (exact) mass is 687 g/mol. The van der Waals surface area contributed by atoms with E-state index in [1.54, 1.807) is 18.7 Å². The van der Waals surface area contributed by atoms with Crippen molar-refractivity contribution in [1.82, 2.24) is 14.5 Å². The summed E-state index contributed by atoms with van der Waals surface area (Å²) >= 11 is 0. The number of hydrogen-bond acceptors (Lipinski definition) is 6. The number of fused-ring (bicyclic) bond motifs is 3. The van der Waals surface area contributed by atoms with Gasteiger partial charge in [-0.25, -0.2) is 18.4 Å². The molecule has 0 spiro atoms. The largest absolute Gasteiger partial charge is 0.458 e. The lowest BCUT2D eigenvalue weighted by atomic mass is 9.78. The first-order valence-electron chi connectivity index (χ1n) is 17.2. The topological polar surface area (TPSA) is 118 Å². The standard InChI is InChI=1S/C40H41N5O4S/c1-39(38(46)43-36-33-20-12-13-27(33)23-28-21-22-29(25-48-2)35(28)36)26-45-37(49-39)34(24-42-45)50(41,47)44-40(30-14-6-3-7-15-30,31-16-8-4-9-17-31)32-18-10-5-11-19-32/h3-11,14-19,23-24,29H,12-13,20-22,25-26H2,1-2H3,(H,43,46)(H2,41,44,47)/t29-,39?,50?/m0/s1. The van der Waals surface area contributed by atoms with Crippen LogP contribution in [-0.4, -0.2) is 39.2 Å². The number of nitrogens with zero attached hydrogens (tertiary/aromatic N) is 2. The number of nitrogens with one attached hydrogen (secondary N) is 3. The van der Waals surface area contributed by atoms with Gasteiger partial charge < -0.3 is 14.8 Å². The molecular weight excluding hydrogens is 647 g/mol. The van der Waals surface area contributed by atoms with Crippen molar-refractivity contribution >= 4 is 21.5 Å². The number of aromatic nitrogens is 2. The SMILES string of the molecule is COC[C@@H]1CCc2cc3c(c(NC(=O)C4(C)Cn5ncc(S(=N)(=O)NC(c6ccccc6)(c6ccccc6)c6ccccc6)c5O4)c21)CCC3. The molecule has 1 aromatic heterocycles. The van der Waals surface area contributed by atoms with Crippen molar-refractivity contribution in [3.8, 4) is 5.88 Å². The molecule has 5 aromatic rings. The quantitative estimate of drug-likeness (QED) is 0.141. The first-order valence-corrected chi connectivity index (χ1v) is 18.8. The summed E-state index contributed by atoms with van der Waals surface area (Å²) < 4.78 is 41.2. The molecule has 9 nitrogen and oxygen atoms in total. The van der Waals surface area contributed by atoms with E-state index in [1.165, 1.54) is 28.5 Å². The highest BCUT2D eigenvalue weighted by atomic mass is 32.2. The highest BCUT2D eigenvalue weighted by Crippen LogP contribution is 2.46. The number of aryl methyl sites for hydroxylation is 2. The van der Waals surface area contributed by atoms with Crippen LogP contribution < -0.4 is 14.8 Å². The van der Waals surface area contributed by atoms with Crippen LogP contribution in [0.25, 0.3) is 0 Å². The van der Waals surface area contributed by atoms with Crippen LogP contribution in [0.3, 0.4) is 0 Å². The highest BCUT2D eigenvalue weighted by Gasteiger charge is 2.48. The summed E-state index contributed by atoms with van der Waals surface area (Å²) in [4.78, 5) is 14.4. The number of carbonyl (C=O) groups excluding carboxylic acids is 1. The van der Waals surface area contributed by atoms with E-state index in [0.717, 1.165) is 54.5 Å². The second kappa shape index (κ2) is 12.5. The van der Waals surface area contributed by atoms with E-state index >= 15 is 0 Å². The molecule has 0 saturated carbocycles. The van der Waals surface area contributed by atoms with Gasteiger partial charge in [0.05, 0.1) is 19.3 Å². The molecule has 3 aliphatic rings. The van der Waals surface area contributed by atoms with Crippen molar-refractivity contribution in [2.45, 2.75) is 67.5 Å². The fourth-order valence-corrected chi connectivity index (χ4v) is 9.64. The number of methoxy groups -OCH3 is 1. The lowest BCUT2D eigenvalue weighted by molar-refractivity contribution is -0.129. The molecule has 2 aliphatic carbocycles. The summed E-state index contributed by atoms with van der Waals surface area (Å²) in [6, 6.07) is 31.5. The molecule has 0 bridgehead atoms. The van der Waals surface area contributed by atoms with Gasteiger partial charge >= 0.3 is 0 Å². The van der Waals surface area contributed by atoms with E-state index in [1.807, 2.05) is 91.0 Å². The predicted molar refractivity (Wildman–Crippen MR) is 193 cm³/mol. The summed E-state index contributed by atoms with van der Waals surface area (Å²) in [5, 5.41) is 7.81. The molecule has 8 rings (SSSR count). The summed E-state index contributed by atoms with van der Waals surface area (Å²) in [6.45, 7) is 2.45. The van der Waals surface area contributed by atoms with E-state index in [0.29, 0.717) is 6.61 Å². The van der Waals surface area contributed by atoms with Gasteiger partial charge in [-0.15, -0.1) is 0 Å². The van der Waals surface area contributed by atoms with Crippen molar-refractivity contribution in [3.63, 3.8) is 0 Å². The number of anilines is 1. The fourth-order valence-electron chi connectivity index (χ4n) is 8.16. The van der Waals surface area contributed by atoms with Crippen molar-refractivity contribution in [2.75, 3.05) is 19.0 Å². The van der Waals surface area contributed by atoms with E-state index in [9.17, 15) is 13.8 Å². The van der Waals surface area contributed by atoms with Gasteiger partial charge in [-0.3, -0.25) is 4.79 Å². The molecule has 3 N–H and O–H groups in total. The summed E-state index contributed by atoms with van der Waals surface area (Å²) in [6.07, 6.45) is 6.36. The average Bonchev–Trinajstić information content (AvgIpc) is 3.93. The van der Waals surface area contributed by atoms with Gasteiger partial charge in [-0.1, -0.05) is 97.1 Å². The zero-order valence-corrected chi connectivity index (χ0v) is 29.1. The third-order valence-electron chi connectivity index (χ3n) is 10.5. The van der Waals surface area contributed by atoms with Gasteiger partial charge in [0.2, 0.25) is 11.5 Å². The normalized spacial score (nSPS) is 20.4. The second-order valence-corrected chi connectivity index (χ2v) is 15.5. The van der Waals surface area contributed by atoms with Gasteiger partial charge in [0.25, 0.3) is 5.91 Å². The Hall–Kier alpha value is -4.77. The summed E-state index contributed by atoms with van der Waals surface area (Å²) in [5.41, 5.74) is 5.84. The molecule has 10 heteroatoms. The lowest BCUT2D eigenvalue weighted by Crippen LogP contribution is -2.47. The zero-order valence-electron chi connectivity index (χ0n) is 28.3. The minimum absolute atomic E-state index is 0.0860. The minimum Gasteiger partial charge on any atom is -0.458 e. The molecule has 2 heterocycles. The van der Waals surface area contributed by atoms with E-state index in [4.69, 9.17) is 9.47 Å². The molecular formula is C40H41N5O4S. The van der Waals surface area contributed by atoms with Crippen molar-refractivity contribution in [2.24, 2.45) is 0 Å². The molecule has 0 radical (unpaired) electrons. The number of rotatable bonds is 10. The van der Waals surface area contributed by atoms with Crippen LogP contribution in [0, 0.1) is 4.78 Å². The molecule has 0 fully saturated rings. The Morgan fingerprint density at radius 3 is 2.20 bits per heavy atom. The fraction of sp³-hybridized carbons (Fsp3) is 0.300. The molecule has 0 saturated heterocycles. The maximum Gasteiger partial charge on any atom is 0.270 e. The van der Waals surface area contributed by atoms with Crippen LogP contribution in [0.15, 0.2) is 108 Å². The number of hydrogen-bond donors (Lipinski definition) is 3. The molecule has 3 atom stereocenters. The highest BCUT2D eigenvalue weighted by molar-refractivity contribution is 7.90. The Bertz CT molecular complexity index is 2070. The molecule has 256 valence electrons. The minimum atomic E-state index is -3.81. The molecule has 2 unspecified atom stereocenters. The van der Waals surface area contributed by atoms with Crippen LogP contribution in [0.2, 0.25) is 0 Å². The zero-order chi connectivity index (χ0) is 34.5. The van der Waals surface area contributed by atoms with Crippen LogP contribution in [0.4, 0.5) is 5.69 Å². The van der Waals surface area contributed by atoms with Crippen molar-refractivity contribution in [1.29, 1.82) is 4.78 Å². The van der Waals surface area contributed by atoms with Crippen molar-refractivity contribution < 1.29 is 18.5 Å². The molecule has 1 aliphatic heterocycles. The van der Waals surface area contributed by atoms with E-state index < -0.39 is 21.1 Å². The Kier molecular flexibility index (Phi) is 8.13. The summed E-state index contributed by atoms with van der Waals surface area (Å²) in [5.74, 6) is 0.0731. The number of carbonyl (C=O) groups is 1. The van der Waals surface area contributed by atoms with E-state index in [-0.39, 0.29) is 29.1 Å². The lowest BCUT2D eigenvalue weighted by Gasteiger charge is -2.37. The van der Waals surface area contributed by atoms with Gasteiger partial charge in [0.15, 0.2) is 0 Å². The van der Waals surface area contributed by atoms with Gasteiger partial charge in [0.1, 0.15) is 20.3 Å². The molecule has 4 aromatic carbocycles. The number of amides is 1. The molecule has 50 heavy (non-hydrogen) atoms. The van der Waals surface area contributed by atoms with Gasteiger partial charge in [0, 0.05) is 18.7 Å². The third-order valence-corrected chi connectivity index (χ3v) is 12.0. The Balaban J connectivity index is 1.14. The maximum atomic E-state index is 14.9. The summed E-state index contributed by atoms with van der Waals surface area (Å²) in [7, 11) is -2.09. The Labute approximate surface area is 293 Å². The maximum absolute atomic E-state index is 14.9. The van der Waals surface area contributed by atoms with Crippen LogP contribution in [-0.2, 0) is 50.8 Å². The Morgan fingerprint density at radius 1 is 0.980 bits per heavy atom. The van der Waals surface area contributed by atoms with Crippen LogP contribution in [0.5, 0.6) is 5.88 Å². The van der Waals surface area contributed by atoms with Gasteiger partial charge in [-0.05, 0) is 78.0 Å². The van der Waals surface area contributed by atoms with E-state index in [2.05, 4.69) is 21.2 Å².